The quantitative estimate of drug-likeness (QED) is 0.837. The second-order valence-corrected chi connectivity index (χ2v) is 6.90. The highest BCUT2D eigenvalue weighted by Crippen LogP contribution is 2.32. The number of amides is 2. The van der Waals surface area contributed by atoms with Crippen molar-refractivity contribution in [3.63, 3.8) is 0 Å². The first-order valence-electron chi connectivity index (χ1n) is 7.60. The van der Waals surface area contributed by atoms with Gasteiger partial charge in [-0.2, -0.15) is 0 Å². The molecule has 124 valence electrons. The van der Waals surface area contributed by atoms with E-state index in [0.717, 1.165) is 15.3 Å². The van der Waals surface area contributed by atoms with Crippen molar-refractivity contribution in [3.8, 4) is 0 Å². The fraction of sp³-hybridized carbons (Fsp3) is 0.222. The number of nitrogens with one attached hydrogen (secondary N) is 2. The normalized spacial score (nSPS) is 17.2. The van der Waals surface area contributed by atoms with Crippen LogP contribution in [-0.2, 0) is 16.1 Å². The monoisotopic (exact) mass is 342 g/mol. The van der Waals surface area contributed by atoms with Crippen molar-refractivity contribution in [1.82, 2.24) is 10.6 Å². The molecule has 0 spiro atoms. The van der Waals surface area contributed by atoms with Crippen LogP contribution in [0.5, 0.6) is 0 Å². The van der Waals surface area contributed by atoms with Gasteiger partial charge in [-0.05, 0) is 31.5 Å². The maximum Gasteiger partial charge on any atom is 0.338 e. The Kier molecular flexibility index (Phi) is 4.66. The van der Waals surface area contributed by atoms with E-state index in [4.69, 9.17) is 4.74 Å². The minimum Gasteiger partial charge on any atom is -0.457 e. The first-order valence-corrected chi connectivity index (χ1v) is 8.42. The second kappa shape index (κ2) is 6.88. The molecule has 2 aromatic rings. The van der Waals surface area contributed by atoms with E-state index in [-0.39, 0.29) is 12.6 Å². The number of thiophene rings is 1. The summed E-state index contributed by atoms with van der Waals surface area (Å²) < 4.78 is 5.45. The van der Waals surface area contributed by atoms with Crippen molar-refractivity contribution in [3.05, 3.63) is 69.1 Å². The Labute approximate surface area is 144 Å². The molecule has 24 heavy (non-hydrogen) atoms. The van der Waals surface area contributed by atoms with E-state index in [1.807, 2.05) is 49.4 Å². The summed E-state index contributed by atoms with van der Waals surface area (Å²) in [6.07, 6.45) is 0. The smallest absolute Gasteiger partial charge is 0.338 e. The lowest BCUT2D eigenvalue weighted by molar-refractivity contribution is -0.140. The van der Waals surface area contributed by atoms with E-state index in [1.54, 1.807) is 18.3 Å². The third kappa shape index (κ3) is 3.49. The summed E-state index contributed by atoms with van der Waals surface area (Å²) in [5.41, 5.74) is 1.88. The number of ether oxygens (including phenoxy) is 1. The lowest BCUT2D eigenvalue weighted by atomic mass is 10.0. The van der Waals surface area contributed by atoms with Crippen LogP contribution in [0.15, 0.2) is 53.7 Å². The van der Waals surface area contributed by atoms with Crippen LogP contribution in [0.4, 0.5) is 4.79 Å². The lowest BCUT2D eigenvalue weighted by Crippen LogP contribution is -2.45. The van der Waals surface area contributed by atoms with Crippen molar-refractivity contribution in [1.29, 1.82) is 0 Å². The van der Waals surface area contributed by atoms with Gasteiger partial charge >= 0.3 is 12.0 Å². The van der Waals surface area contributed by atoms with E-state index >= 15 is 0 Å². The first kappa shape index (κ1) is 16.3. The molecule has 1 aliphatic rings. The van der Waals surface area contributed by atoms with E-state index in [9.17, 15) is 9.59 Å². The average molecular weight is 342 g/mol. The summed E-state index contributed by atoms with van der Waals surface area (Å²) in [7, 11) is 0. The van der Waals surface area contributed by atoms with Crippen LogP contribution in [0, 0.1) is 6.92 Å². The zero-order chi connectivity index (χ0) is 17.1. The number of urea groups is 1. The second-order valence-electron chi connectivity index (χ2n) is 5.58. The SMILES string of the molecule is CC1=C(C(=O)OCc2ccccc2)[C@H](c2ccc(C)s2)NC(=O)N1. The van der Waals surface area contributed by atoms with Crippen LogP contribution < -0.4 is 10.6 Å². The molecule has 2 heterocycles. The van der Waals surface area contributed by atoms with Crippen LogP contribution in [0.1, 0.15) is 28.3 Å². The van der Waals surface area contributed by atoms with Crippen molar-refractivity contribution in [2.45, 2.75) is 26.5 Å². The molecule has 0 saturated carbocycles. The molecule has 5 nitrogen and oxygen atoms in total. The first-order chi connectivity index (χ1) is 11.5. The molecular weight excluding hydrogens is 324 g/mol. The maximum atomic E-state index is 12.6. The fourth-order valence-corrected chi connectivity index (χ4v) is 3.53. The highest BCUT2D eigenvalue weighted by molar-refractivity contribution is 7.12. The number of allylic oxidation sites excluding steroid dienone is 1. The average Bonchev–Trinajstić information content (AvgIpc) is 2.99. The van der Waals surface area contributed by atoms with E-state index in [0.29, 0.717) is 11.3 Å². The van der Waals surface area contributed by atoms with Crippen LogP contribution in [0.3, 0.4) is 0 Å². The maximum absolute atomic E-state index is 12.6. The molecule has 2 amide bonds. The number of benzene rings is 1. The zero-order valence-corrected chi connectivity index (χ0v) is 14.3. The minimum absolute atomic E-state index is 0.195. The molecule has 6 heteroatoms. The van der Waals surface area contributed by atoms with Crippen LogP contribution in [-0.4, -0.2) is 12.0 Å². The minimum atomic E-state index is -0.485. The molecule has 0 aliphatic carbocycles. The van der Waals surface area contributed by atoms with Gasteiger partial charge < -0.3 is 15.4 Å². The van der Waals surface area contributed by atoms with Crippen LogP contribution in [0.25, 0.3) is 0 Å². The summed E-state index contributed by atoms with van der Waals surface area (Å²) in [4.78, 5) is 26.4. The highest BCUT2D eigenvalue weighted by Gasteiger charge is 2.33. The zero-order valence-electron chi connectivity index (χ0n) is 13.5. The predicted molar refractivity (Wildman–Crippen MR) is 92.4 cm³/mol. The van der Waals surface area contributed by atoms with Crippen molar-refractivity contribution >= 4 is 23.3 Å². The number of rotatable bonds is 4. The van der Waals surface area contributed by atoms with Gasteiger partial charge in [0.1, 0.15) is 6.61 Å². The predicted octanol–water partition coefficient (Wildman–Crippen LogP) is 3.43. The Morgan fingerprint density at radius 1 is 1.17 bits per heavy atom. The molecule has 0 bridgehead atoms. The van der Waals surface area contributed by atoms with Gasteiger partial charge in [-0.3, -0.25) is 0 Å². The van der Waals surface area contributed by atoms with Crippen molar-refractivity contribution in [2.75, 3.05) is 0 Å². The molecule has 0 fully saturated rings. The third-order valence-electron chi connectivity index (χ3n) is 3.75. The molecule has 1 atom stereocenters. The molecule has 1 aliphatic heterocycles. The number of esters is 1. The van der Waals surface area contributed by atoms with Gasteiger partial charge in [-0.1, -0.05) is 30.3 Å². The number of hydrogen-bond acceptors (Lipinski definition) is 4. The summed E-state index contributed by atoms with van der Waals surface area (Å²) in [6.45, 7) is 3.90. The Balaban J connectivity index is 1.82. The van der Waals surface area contributed by atoms with Crippen LogP contribution >= 0.6 is 11.3 Å². The standard InChI is InChI=1S/C18H18N2O3S/c1-11-8-9-14(24-11)16-15(12(2)19-18(22)20-16)17(21)23-10-13-6-4-3-5-7-13/h3-9,16H,10H2,1-2H3,(H2,19,20,22)/t16-/m0/s1. The third-order valence-corrected chi connectivity index (χ3v) is 4.81. The van der Waals surface area contributed by atoms with E-state index < -0.39 is 12.0 Å². The molecule has 3 rings (SSSR count). The number of carbonyl (C=O) groups excluding carboxylic acids is 2. The van der Waals surface area contributed by atoms with Crippen molar-refractivity contribution < 1.29 is 14.3 Å². The Morgan fingerprint density at radius 2 is 1.92 bits per heavy atom. The molecule has 0 unspecified atom stereocenters. The Morgan fingerprint density at radius 3 is 2.58 bits per heavy atom. The fourth-order valence-electron chi connectivity index (χ4n) is 2.59. The van der Waals surface area contributed by atoms with E-state index in [2.05, 4.69) is 10.6 Å². The number of aryl methyl sites for hydroxylation is 1. The summed E-state index contributed by atoms with van der Waals surface area (Å²) in [6, 6.07) is 12.6. The van der Waals surface area contributed by atoms with Gasteiger partial charge in [0, 0.05) is 15.5 Å². The molecule has 0 saturated heterocycles. The highest BCUT2D eigenvalue weighted by atomic mass is 32.1. The van der Waals surface area contributed by atoms with Crippen molar-refractivity contribution in [2.24, 2.45) is 0 Å². The van der Waals surface area contributed by atoms with Gasteiger partial charge in [0.25, 0.3) is 0 Å². The number of carbonyl (C=O) groups is 2. The van der Waals surface area contributed by atoms with Crippen LogP contribution in [0.2, 0.25) is 0 Å². The molecular formula is C18H18N2O3S. The molecule has 1 aromatic heterocycles. The number of hydrogen-bond donors (Lipinski definition) is 2. The van der Waals surface area contributed by atoms with Gasteiger partial charge in [0.05, 0.1) is 11.6 Å². The summed E-state index contributed by atoms with van der Waals surface area (Å²) in [5.74, 6) is -0.431. The van der Waals surface area contributed by atoms with E-state index in [1.165, 1.54) is 0 Å². The molecule has 0 radical (unpaired) electrons. The Bertz CT molecular complexity index is 796. The van der Waals surface area contributed by atoms with Gasteiger partial charge in [0.15, 0.2) is 0 Å². The molecule has 1 aromatic carbocycles. The summed E-state index contributed by atoms with van der Waals surface area (Å²) in [5, 5.41) is 5.46. The Hall–Kier alpha value is -2.60. The topological polar surface area (TPSA) is 67.4 Å². The lowest BCUT2D eigenvalue weighted by Gasteiger charge is -2.27. The van der Waals surface area contributed by atoms with Gasteiger partial charge in [-0.15, -0.1) is 11.3 Å². The molecule has 2 N–H and O–H groups in total. The van der Waals surface area contributed by atoms with Gasteiger partial charge in [0.2, 0.25) is 0 Å². The van der Waals surface area contributed by atoms with Gasteiger partial charge in [-0.25, -0.2) is 9.59 Å². The summed E-state index contributed by atoms with van der Waals surface area (Å²) >= 11 is 1.55. The largest absolute Gasteiger partial charge is 0.457 e.